The number of aromatic nitrogens is 4. The van der Waals surface area contributed by atoms with Crippen LogP contribution in [0.25, 0.3) is 11.5 Å². The highest BCUT2D eigenvalue weighted by molar-refractivity contribution is 5.51. The summed E-state index contributed by atoms with van der Waals surface area (Å²) in [5, 5.41) is 16.6. The molecule has 1 aromatic carbocycles. The van der Waals surface area contributed by atoms with Crippen molar-refractivity contribution in [2.45, 2.75) is 25.4 Å². The molecule has 7 heteroatoms. The number of likely N-dealkylation sites (N-methyl/N-ethyl adjacent to an activating group) is 1. The lowest BCUT2D eigenvalue weighted by Crippen LogP contribution is -2.39. The van der Waals surface area contributed by atoms with Crippen molar-refractivity contribution in [3.8, 4) is 11.5 Å². The quantitative estimate of drug-likeness (QED) is 0.677. The van der Waals surface area contributed by atoms with Crippen LogP contribution in [0.1, 0.15) is 18.7 Å². The molecule has 4 rings (SSSR count). The molecule has 0 saturated carbocycles. The van der Waals surface area contributed by atoms with Gasteiger partial charge >= 0.3 is 0 Å². The van der Waals surface area contributed by atoms with Crippen molar-refractivity contribution < 1.29 is 4.42 Å². The lowest BCUT2D eigenvalue weighted by atomic mass is 10.2. The second-order valence-electron chi connectivity index (χ2n) is 6.64. The van der Waals surface area contributed by atoms with E-state index in [-0.39, 0.29) is 0 Å². The zero-order valence-corrected chi connectivity index (χ0v) is 14.8. The lowest BCUT2D eigenvalue weighted by Gasteiger charge is -2.28. The van der Waals surface area contributed by atoms with Gasteiger partial charge in [-0.15, -0.1) is 15.3 Å². The van der Waals surface area contributed by atoms with Crippen molar-refractivity contribution in [3.05, 3.63) is 54.6 Å². The minimum atomic E-state index is 0.424. The molecule has 2 aromatic heterocycles. The number of hydrogen-bond acceptors (Lipinski definition) is 7. The van der Waals surface area contributed by atoms with Gasteiger partial charge in [-0.05, 0) is 44.2 Å². The van der Waals surface area contributed by atoms with Gasteiger partial charge in [-0.25, -0.2) is 0 Å². The van der Waals surface area contributed by atoms with E-state index in [1.807, 2.05) is 42.5 Å². The zero-order valence-electron chi connectivity index (χ0n) is 14.8. The maximum absolute atomic E-state index is 5.82. The van der Waals surface area contributed by atoms with E-state index in [2.05, 4.69) is 37.2 Å². The van der Waals surface area contributed by atoms with E-state index < -0.39 is 0 Å². The van der Waals surface area contributed by atoms with E-state index in [1.54, 1.807) is 6.20 Å². The predicted molar refractivity (Wildman–Crippen MR) is 98.5 cm³/mol. The summed E-state index contributed by atoms with van der Waals surface area (Å²) >= 11 is 0. The number of hydrogen-bond donors (Lipinski definition) is 0. The monoisotopic (exact) mass is 350 g/mol. The molecule has 0 aliphatic carbocycles. The topological polar surface area (TPSA) is 71.2 Å². The lowest BCUT2D eigenvalue weighted by molar-refractivity contribution is 0.272. The fourth-order valence-corrected chi connectivity index (χ4v) is 3.44. The first-order valence-corrected chi connectivity index (χ1v) is 8.90. The van der Waals surface area contributed by atoms with Gasteiger partial charge < -0.3 is 9.32 Å². The molecule has 7 nitrogen and oxygen atoms in total. The van der Waals surface area contributed by atoms with Crippen molar-refractivity contribution in [1.82, 2.24) is 25.3 Å². The van der Waals surface area contributed by atoms with Crippen LogP contribution in [0.4, 0.5) is 5.82 Å². The van der Waals surface area contributed by atoms with E-state index in [4.69, 9.17) is 4.42 Å². The van der Waals surface area contributed by atoms with Gasteiger partial charge in [0, 0.05) is 30.9 Å². The Morgan fingerprint density at radius 1 is 1.12 bits per heavy atom. The van der Waals surface area contributed by atoms with Crippen LogP contribution in [0.5, 0.6) is 0 Å². The molecule has 134 valence electrons. The molecule has 26 heavy (non-hydrogen) atoms. The highest BCUT2D eigenvalue weighted by atomic mass is 16.4. The average molecular weight is 350 g/mol. The van der Waals surface area contributed by atoms with Crippen LogP contribution in [-0.2, 0) is 6.54 Å². The SMILES string of the molecule is CN(Cc1nnc(-c2ccccc2)o1)CC1CCCN1c1cccnn1. The molecule has 0 bridgehead atoms. The third-order valence-corrected chi connectivity index (χ3v) is 4.64. The van der Waals surface area contributed by atoms with Crippen molar-refractivity contribution in [1.29, 1.82) is 0 Å². The maximum Gasteiger partial charge on any atom is 0.247 e. The summed E-state index contributed by atoms with van der Waals surface area (Å²) in [5.41, 5.74) is 0.943. The van der Waals surface area contributed by atoms with Crippen molar-refractivity contribution in [3.63, 3.8) is 0 Å². The van der Waals surface area contributed by atoms with Crippen LogP contribution < -0.4 is 4.90 Å². The smallest absolute Gasteiger partial charge is 0.247 e. The molecule has 1 atom stereocenters. The number of anilines is 1. The van der Waals surface area contributed by atoms with E-state index in [0.717, 1.165) is 30.9 Å². The van der Waals surface area contributed by atoms with Crippen molar-refractivity contribution in [2.24, 2.45) is 0 Å². The average Bonchev–Trinajstić information content (AvgIpc) is 3.33. The molecular weight excluding hydrogens is 328 g/mol. The number of rotatable bonds is 6. The van der Waals surface area contributed by atoms with Crippen LogP contribution in [0, 0.1) is 0 Å². The first kappa shape index (κ1) is 16.7. The Kier molecular flexibility index (Phi) is 4.88. The summed E-state index contributed by atoms with van der Waals surface area (Å²) in [6.07, 6.45) is 4.04. The second-order valence-corrected chi connectivity index (χ2v) is 6.64. The summed E-state index contributed by atoms with van der Waals surface area (Å²) in [5.74, 6) is 2.15. The fourth-order valence-electron chi connectivity index (χ4n) is 3.44. The number of benzene rings is 1. The van der Waals surface area contributed by atoms with E-state index in [9.17, 15) is 0 Å². The summed E-state index contributed by atoms with van der Waals surface area (Å²) < 4.78 is 5.82. The third kappa shape index (κ3) is 3.72. The summed E-state index contributed by atoms with van der Waals surface area (Å²) in [4.78, 5) is 4.56. The fraction of sp³-hybridized carbons (Fsp3) is 0.368. The number of nitrogens with zero attached hydrogens (tertiary/aromatic N) is 6. The van der Waals surface area contributed by atoms with Gasteiger partial charge in [0.1, 0.15) is 0 Å². The zero-order chi connectivity index (χ0) is 17.8. The standard InChI is InChI=1S/C19H22N6O/c1-24(13-16-9-6-12-25(16)17-10-5-11-20-21-17)14-18-22-23-19(26-18)15-7-3-2-4-8-15/h2-5,7-8,10-11,16H,6,9,12-14H2,1H3. The van der Waals surface area contributed by atoms with Gasteiger partial charge in [0.05, 0.1) is 6.54 Å². The Labute approximate surface area is 152 Å². The van der Waals surface area contributed by atoms with Gasteiger partial charge in [-0.3, -0.25) is 4.90 Å². The Bertz CT molecular complexity index is 822. The molecule has 1 aliphatic rings. The van der Waals surface area contributed by atoms with Crippen LogP contribution in [0.15, 0.2) is 53.1 Å². The van der Waals surface area contributed by atoms with Crippen LogP contribution in [0.2, 0.25) is 0 Å². The highest BCUT2D eigenvalue weighted by Gasteiger charge is 2.27. The van der Waals surface area contributed by atoms with Gasteiger partial charge in [0.15, 0.2) is 5.82 Å². The molecule has 1 saturated heterocycles. The Hall–Kier alpha value is -2.80. The van der Waals surface area contributed by atoms with Crippen molar-refractivity contribution >= 4 is 5.82 Å². The summed E-state index contributed by atoms with van der Waals surface area (Å²) in [6, 6.07) is 14.2. The van der Waals surface area contributed by atoms with E-state index in [1.165, 1.54) is 6.42 Å². The summed E-state index contributed by atoms with van der Waals surface area (Å²) in [6.45, 7) is 2.57. The first-order chi connectivity index (χ1) is 12.8. The van der Waals surface area contributed by atoms with Crippen molar-refractivity contribution in [2.75, 3.05) is 25.0 Å². The van der Waals surface area contributed by atoms with Crippen LogP contribution in [-0.4, -0.2) is 51.5 Å². The normalized spacial score (nSPS) is 17.2. The van der Waals surface area contributed by atoms with Gasteiger partial charge in [0.2, 0.25) is 11.8 Å². The van der Waals surface area contributed by atoms with Crippen LogP contribution in [0.3, 0.4) is 0 Å². The molecule has 3 heterocycles. The molecule has 1 fully saturated rings. The molecular formula is C19H22N6O. The highest BCUT2D eigenvalue weighted by Crippen LogP contribution is 2.24. The predicted octanol–water partition coefficient (Wildman–Crippen LogP) is 2.63. The Morgan fingerprint density at radius 3 is 2.81 bits per heavy atom. The second kappa shape index (κ2) is 7.61. The Morgan fingerprint density at radius 2 is 2.00 bits per heavy atom. The van der Waals surface area contributed by atoms with Gasteiger partial charge in [-0.2, -0.15) is 5.10 Å². The minimum absolute atomic E-state index is 0.424. The largest absolute Gasteiger partial charge is 0.419 e. The third-order valence-electron chi connectivity index (χ3n) is 4.64. The van der Waals surface area contributed by atoms with Crippen LogP contribution >= 0.6 is 0 Å². The molecule has 0 spiro atoms. The molecule has 0 N–H and O–H groups in total. The first-order valence-electron chi connectivity index (χ1n) is 8.90. The summed E-state index contributed by atoms with van der Waals surface area (Å²) in [7, 11) is 2.08. The minimum Gasteiger partial charge on any atom is -0.419 e. The molecule has 3 aromatic rings. The van der Waals surface area contributed by atoms with E-state index >= 15 is 0 Å². The molecule has 0 amide bonds. The van der Waals surface area contributed by atoms with Gasteiger partial charge in [-0.1, -0.05) is 18.2 Å². The molecule has 1 aliphatic heterocycles. The molecule has 0 radical (unpaired) electrons. The molecule has 1 unspecified atom stereocenters. The van der Waals surface area contributed by atoms with E-state index in [0.29, 0.717) is 24.4 Å². The van der Waals surface area contributed by atoms with Gasteiger partial charge in [0.25, 0.3) is 0 Å². The Balaban J connectivity index is 1.38. The maximum atomic E-state index is 5.82.